The molecule has 0 aliphatic rings. The summed E-state index contributed by atoms with van der Waals surface area (Å²) in [6.45, 7) is 0. The van der Waals surface area contributed by atoms with Gasteiger partial charge in [-0.05, 0) is 34.7 Å². The van der Waals surface area contributed by atoms with E-state index in [4.69, 9.17) is 5.26 Å². The van der Waals surface area contributed by atoms with Gasteiger partial charge in [-0.1, -0.05) is 12.1 Å². The van der Waals surface area contributed by atoms with Gasteiger partial charge in [0.2, 0.25) is 0 Å². The van der Waals surface area contributed by atoms with Crippen LogP contribution in [-0.4, -0.2) is 51.4 Å². The van der Waals surface area contributed by atoms with Crippen molar-refractivity contribution < 1.29 is 0 Å². The Bertz CT molecular complexity index is 254. The molecule has 1 nitrogen and oxygen atoms in total. The monoisotopic (exact) mass is 268 g/mol. The van der Waals surface area contributed by atoms with Gasteiger partial charge in [-0.15, -0.1) is 0 Å². The number of nitriles is 1. The van der Waals surface area contributed by atoms with E-state index in [0.29, 0.717) is 0 Å². The van der Waals surface area contributed by atoms with Crippen LogP contribution >= 0.6 is 22.6 Å². The van der Waals surface area contributed by atoms with Crippen LogP contribution in [0.15, 0.2) is 24.3 Å². The standard InChI is InChI=1S/C7H4IN.K/c8-7-4-2-1-3-6(7)5-9;/h1-4H;. The second-order valence-corrected chi connectivity index (χ2v) is 2.75. The first kappa shape index (κ1) is 11.1. The van der Waals surface area contributed by atoms with Gasteiger partial charge in [0, 0.05) is 55.0 Å². The zero-order chi connectivity index (χ0) is 6.69. The molecule has 45 valence electrons. The molecule has 0 bridgehead atoms. The van der Waals surface area contributed by atoms with Gasteiger partial charge in [-0.3, -0.25) is 0 Å². The third-order valence-electron chi connectivity index (χ3n) is 0.994. The van der Waals surface area contributed by atoms with Crippen LogP contribution in [0.2, 0.25) is 0 Å². The molecular formula is C7H4IKN. The van der Waals surface area contributed by atoms with Gasteiger partial charge in [-0.2, -0.15) is 5.26 Å². The molecule has 0 amide bonds. The van der Waals surface area contributed by atoms with Crippen molar-refractivity contribution in [2.24, 2.45) is 0 Å². The first-order valence-electron chi connectivity index (χ1n) is 2.49. The zero-order valence-electron chi connectivity index (χ0n) is 5.63. The number of hydrogen-bond acceptors (Lipinski definition) is 1. The van der Waals surface area contributed by atoms with Crippen LogP contribution in [0.3, 0.4) is 0 Å². The average molecular weight is 268 g/mol. The summed E-state index contributed by atoms with van der Waals surface area (Å²) in [5, 5.41) is 8.46. The van der Waals surface area contributed by atoms with E-state index in [1.54, 1.807) is 0 Å². The maximum atomic E-state index is 8.46. The summed E-state index contributed by atoms with van der Waals surface area (Å²) in [5.74, 6) is 0. The largest absolute Gasteiger partial charge is 0.192 e. The fourth-order valence-electron chi connectivity index (χ4n) is 0.552. The van der Waals surface area contributed by atoms with E-state index in [1.807, 2.05) is 24.3 Å². The van der Waals surface area contributed by atoms with Crippen molar-refractivity contribution in [3.05, 3.63) is 33.4 Å². The second-order valence-electron chi connectivity index (χ2n) is 1.59. The van der Waals surface area contributed by atoms with Crippen molar-refractivity contribution in [1.29, 1.82) is 5.26 Å². The minimum atomic E-state index is 0. The first-order valence-corrected chi connectivity index (χ1v) is 3.57. The van der Waals surface area contributed by atoms with Gasteiger partial charge >= 0.3 is 0 Å². The Kier molecular flexibility index (Phi) is 6.30. The van der Waals surface area contributed by atoms with Gasteiger partial charge in [0.15, 0.2) is 0 Å². The summed E-state index contributed by atoms with van der Waals surface area (Å²) < 4.78 is 1.01. The molecule has 0 atom stereocenters. The maximum Gasteiger partial charge on any atom is 0.100 e. The summed E-state index contributed by atoms with van der Waals surface area (Å²) in [7, 11) is 0. The van der Waals surface area contributed by atoms with Crippen LogP contribution < -0.4 is 0 Å². The van der Waals surface area contributed by atoms with Crippen LogP contribution in [0.4, 0.5) is 0 Å². The number of halogens is 1. The minimum Gasteiger partial charge on any atom is -0.192 e. The van der Waals surface area contributed by atoms with Crippen LogP contribution in [0.25, 0.3) is 0 Å². The van der Waals surface area contributed by atoms with Crippen molar-refractivity contribution in [3.63, 3.8) is 0 Å². The Morgan fingerprint density at radius 3 is 2.30 bits per heavy atom. The van der Waals surface area contributed by atoms with E-state index in [1.165, 1.54) is 0 Å². The van der Waals surface area contributed by atoms with Gasteiger partial charge < -0.3 is 0 Å². The van der Waals surface area contributed by atoms with Crippen molar-refractivity contribution in [3.8, 4) is 6.07 Å². The zero-order valence-corrected chi connectivity index (χ0v) is 10.9. The number of hydrogen-bond donors (Lipinski definition) is 0. The van der Waals surface area contributed by atoms with Gasteiger partial charge in [0.25, 0.3) is 0 Å². The molecule has 10 heavy (non-hydrogen) atoms. The SMILES string of the molecule is N#Cc1ccccc1I.[K]. The normalized spacial score (nSPS) is 7.60. The average Bonchev–Trinajstić information content (AvgIpc) is 1.89. The molecule has 0 saturated carbocycles. The topological polar surface area (TPSA) is 23.8 Å². The number of benzene rings is 1. The summed E-state index contributed by atoms with van der Waals surface area (Å²) in [6, 6.07) is 9.59. The van der Waals surface area contributed by atoms with Crippen molar-refractivity contribution in [1.82, 2.24) is 0 Å². The summed E-state index contributed by atoms with van der Waals surface area (Å²) in [5.41, 5.74) is 0.748. The molecule has 0 N–H and O–H groups in total. The molecule has 1 aromatic rings. The van der Waals surface area contributed by atoms with Crippen LogP contribution in [0, 0.1) is 14.9 Å². The molecule has 0 spiro atoms. The molecular weight excluding hydrogens is 264 g/mol. The molecule has 0 saturated heterocycles. The molecule has 0 aromatic heterocycles. The van der Waals surface area contributed by atoms with E-state index in [9.17, 15) is 0 Å². The van der Waals surface area contributed by atoms with Crippen molar-refractivity contribution >= 4 is 74.0 Å². The van der Waals surface area contributed by atoms with Gasteiger partial charge in [0.1, 0.15) is 6.07 Å². The molecule has 1 rings (SSSR count). The van der Waals surface area contributed by atoms with Crippen molar-refractivity contribution in [2.45, 2.75) is 0 Å². The van der Waals surface area contributed by atoms with Crippen molar-refractivity contribution in [2.75, 3.05) is 0 Å². The van der Waals surface area contributed by atoms with E-state index >= 15 is 0 Å². The molecule has 0 aliphatic heterocycles. The first-order chi connectivity index (χ1) is 4.34. The third kappa shape index (κ3) is 2.99. The van der Waals surface area contributed by atoms with Crippen LogP contribution in [0.1, 0.15) is 5.56 Å². The van der Waals surface area contributed by atoms with E-state index < -0.39 is 0 Å². The quantitative estimate of drug-likeness (QED) is 0.520. The van der Waals surface area contributed by atoms with Gasteiger partial charge in [-0.25, -0.2) is 0 Å². The van der Waals surface area contributed by atoms with Gasteiger partial charge in [0.05, 0.1) is 5.56 Å². The minimum absolute atomic E-state index is 0. The van der Waals surface area contributed by atoms with E-state index in [2.05, 4.69) is 28.7 Å². The smallest absolute Gasteiger partial charge is 0.100 e. The molecule has 0 unspecified atom stereocenters. The summed E-state index contributed by atoms with van der Waals surface area (Å²) in [4.78, 5) is 0. The Hall–Kier alpha value is 1.08. The molecule has 1 aromatic carbocycles. The fraction of sp³-hybridized carbons (Fsp3) is 0. The molecule has 1 radical (unpaired) electrons. The maximum absolute atomic E-state index is 8.46. The van der Waals surface area contributed by atoms with E-state index in [0.717, 1.165) is 9.13 Å². The van der Waals surface area contributed by atoms with E-state index in [-0.39, 0.29) is 51.4 Å². The Balaban J connectivity index is 0.000000810. The second kappa shape index (κ2) is 5.69. The van der Waals surface area contributed by atoms with Crippen LogP contribution in [-0.2, 0) is 0 Å². The Labute approximate surface area is 116 Å². The predicted octanol–water partition coefficient (Wildman–Crippen LogP) is 1.78. The fourth-order valence-corrected chi connectivity index (χ4v) is 1.06. The van der Waals surface area contributed by atoms with Crippen LogP contribution in [0.5, 0.6) is 0 Å². The Morgan fingerprint density at radius 1 is 1.30 bits per heavy atom. The molecule has 0 aliphatic carbocycles. The summed E-state index contributed by atoms with van der Waals surface area (Å²) >= 11 is 2.14. The molecule has 0 fully saturated rings. The number of nitrogens with zero attached hydrogens (tertiary/aromatic N) is 1. The summed E-state index contributed by atoms with van der Waals surface area (Å²) in [6.07, 6.45) is 0. The number of rotatable bonds is 0. The third-order valence-corrected chi connectivity index (χ3v) is 1.93. The predicted molar refractivity (Wildman–Crippen MR) is 49.6 cm³/mol. The Morgan fingerprint density at radius 2 is 1.90 bits per heavy atom. The molecule has 0 heterocycles. The molecule has 3 heteroatoms.